The van der Waals surface area contributed by atoms with Gasteiger partial charge < -0.3 is 4.74 Å². The summed E-state index contributed by atoms with van der Waals surface area (Å²) in [5, 5.41) is 0. The quantitative estimate of drug-likeness (QED) is 0.625. The third-order valence-electron chi connectivity index (χ3n) is 1.66. The van der Waals surface area contributed by atoms with Crippen molar-refractivity contribution in [1.29, 1.82) is 0 Å². The lowest BCUT2D eigenvalue weighted by Crippen LogP contribution is -2.01. The lowest BCUT2D eigenvalue weighted by Gasteiger charge is -2.04. The molecule has 14 heavy (non-hydrogen) atoms. The number of hydrogen-bond acceptors (Lipinski definition) is 3. The number of esters is 1. The Morgan fingerprint density at radius 1 is 1.57 bits per heavy atom. The van der Waals surface area contributed by atoms with Gasteiger partial charge in [-0.05, 0) is 39.9 Å². The van der Waals surface area contributed by atoms with Gasteiger partial charge in [-0.3, -0.25) is 0 Å². The lowest BCUT2D eigenvalue weighted by atomic mass is 10.2. The van der Waals surface area contributed by atoms with Crippen molar-refractivity contribution >= 4 is 33.7 Å². The van der Waals surface area contributed by atoms with Crippen LogP contribution in [0.3, 0.4) is 0 Å². The molecule has 0 N–H and O–H groups in total. The monoisotopic (exact) mass is 274 g/mol. The number of ether oxygens (including phenoxy) is 1. The predicted octanol–water partition coefficient (Wildman–Crippen LogP) is 3.35. The summed E-state index contributed by atoms with van der Waals surface area (Å²) in [6.07, 6.45) is 0. The van der Waals surface area contributed by atoms with Gasteiger partial charge >= 0.3 is 5.97 Å². The number of carbonyl (C=O) groups excluding carboxylic acids is 1. The molecule has 0 saturated carbocycles. The number of methoxy groups -OCH3 is 1. The van der Waals surface area contributed by atoms with Crippen LogP contribution in [0, 0.1) is 0 Å². The molecule has 2 nitrogen and oxygen atoms in total. The van der Waals surface area contributed by atoms with Crippen molar-refractivity contribution in [3.8, 4) is 0 Å². The molecule has 1 aromatic carbocycles. The average Bonchev–Trinajstić information content (AvgIpc) is 2.17. The SMILES string of the molecule is CCSc1ccc(C(=O)OC)c(Br)c1. The smallest absolute Gasteiger partial charge is 0.339 e. The van der Waals surface area contributed by atoms with Crippen LogP contribution in [-0.2, 0) is 4.74 Å². The molecule has 1 rings (SSSR count). The first-order valence-corrected chi connectivity index (χ1v) is 5.97. The number of benzene rings is 1. The van der Waals surface area contributed by atoms with E-state index in [-0.39, 0.29) is 5.97 Å². The molecule has 0 aliphatic rings. The van der Waals surface area contributed by atoms with E-state index in [9.17, 15) is 4.79 Å². The Kier molecular flexibility index (Phi) is 4.48. The highest BCUT2D eigenvalue weighted by molar-refractivity contribution is 9.10. The van der Waals surface area contributed by atoms with Gasteiger partial charge in [0.15, 0.2) is 0 Å². The Morgan fingerprint density at radius 2 is 2.29 bits per heavy atom. The number of thioether (sulfide) groups is 1. The topological polar surface area (TPSA) is 26.3 Å². The van der Waals surface area contributed by atoms with Gasteiger partial charge in [-0.25, -0.2) is 4.79 Å². The zero-order valence-electron chi connectivity index (χ0n) is 8.04. The predicted molar refractivity (Wildman–Crippen MR) is 61.9 cm³/mol. The van der Waals surface area contributed by atoms with Crippen LogP contribution in [0.4, 0.5) is 0 Å². The summed E-state index contributed by atoms with van der Waals surface area (Å²) in [6, 6.07) is 5.62. The third kappa shape index (κ3) is 2.75. The number of hydrogen-bond donors (Lipinski definition) is 0. The first-order valence-electron chi connectivity index (χ1n) is 4.19. The minimum Gasteiger partial charge on any atom is -0.465 e. The summed E-state index contributed by atoms with van der Waals surface area (Å²) in [6.45, 7) is 2.09. The van der Waals surface area contributed by atoms with Crippen molar-refractivity contribution in [2.24, 2.45) is 0 Å². The molecule has 0 fully saturated rings. The minimum atomic E-state index is -0.315. The highest BCUT2D eigenvalue weighted by Gasteiger charge is 2.09. The molecule has 0 saturated heterocycles. The fraction of sp³-hybridized carbons (Fsp3) is 0.300. The van der Waals surface area contributed by atoms with Crippen molar-refractivity contribution in [3.63, 3.8) is 0 Å². The highest BCUT2D eigenvalue weighted by atomic mass is 79.9. The maximum Gasteiger partial charge on any atom is 0.339 e. The maximum absolute atomic E-state index is 11.2. The van der Waals surface area contributed by atoms with E-state index in [1.807, 2.05) is 12.1 Å². The van der Waals surface area contributed by atoms with Crippen LogP contribution in [-0.4, -0.2) is 18.8 Å². The summed E-state index contributed by atoms with van der Waals surface area (Å²) in [4.78, 5) is 12.4. The summed E-state index contributed by atoms with van der Waals surface area (Å²) in [5.74, 6) is 0.703. The molecule has 0 heterocycles. The van der Waals surface area contributed by atoms with Gasteiger partial charge in [0.05, 0.1) is 12.7 Å². The number of carbonyl (C=O) groups is 1. The summed E-state index contributed by atoms with van der Waals surface area (Å²) in [5.41, 5.74) is 0.563. The van der Waals surface area contributed by atoms with Crippen LogP contribution in [0.25, 0.3) is 0 Å². The van der Waals surface area contributed by atoms with E-state index in [0.29, 0.717) is 5.56 Å². The first kappa shape index (κ1) is 11.6. The van der Waals surface area contributed by atoms with Crippen LogP contribution >= 0.6 is 27.7 Å². The molecule has 0 aromatic heterocycles. The van der Waals surface area contributed by atoms with Gasteiger partial charge in [-0.1, -0.05) is 6.92 Å². The number of rotatable bonds is 3. The van der Waals surface area contributed by atoms with E-state index in [0.717, 1.165) is 15.1 Å². The van der Waals surface area contributed by atoms with Crippen molar-refractivity contribution in [2.45, 2.75) is 11.8 Å². The zero-order chi connectivity index (χ0) is 10.6. The zero-order valence-corrected chi connectivity index (χ0v) is 10.4. The van der Waals surface area contributed by atoms with Crippen molar-refractivity contribution in [2.75, 3.05) is 12.9 Å². The van der Waals surface area contributed by atoms with Crippen LogP contribution in [0.2, 0.25) is 0 Å². The Hall–Kier alpha value is -0.480. The summed E-state index contributed by atoms with van der Waals surface area (Å²) >= 11 is 5.08. The molecule has 76 valence electrons. The second-order valence-corrected chi connectivity index (χ2v) is 4.76. The van der Waals surface area contributed by atoms with Crippen LogP contribution < -0.4 is 0 Å². The van der Waals surface area contributed by atoms with E-state index in [4.69, 9.17) is 0 Å². The van der Waals surface area contributed by atoms with Gasteiger partial charge in [0, 0.05) is 9.37 Å². The standard InChI is InChI=1S/C10H11BrO2S/c1-3-14-7-4-5-8(9(11)6-7)10(12)13-2/h4-6H,3H2,1-2H3. The average molecular weight is 275 g/mol. The Bertz CT molecular complexity index is 339. The van der Waals surface area contributed by atoms with Crippen molar-refractivity contribution < 1.29 is 9.53 Å². The van der Waals surface area contributed by atoms with Crippen molar-refractivity contribution in [3.05, 3.63) is 28.2 Å². The van der Waals surface area contributed by atoms with Gasteiger partial charge in [-0.15, -0.1) is 11.8 Å². The normalized spacial score (nSPS) is 9.93. The highest BCUT2D eigenvalue weighted by Crippen LogP contribution is 2.25. The van der Waals surface area contributed by atoms with Crippen LogP contribution in [0.5, 0.6) is 0 Å². The molecule has 0 atom stereocenters. The molecule has 0 unspecified atom stereocenters. The van der Waals surface area contributed by atoms with Gasteiger partial charge in [0.2, 0.25) is 0 Å². The Morgan fingerprint density at radius 3 is 2.79 bits per heavy atom. The molecule has 4 heteroatoms. The van der Waals surface area contributed by atoms with E-state index >= 15 is 0 Å². The lowest BCUT2D eigenvalue weighted by molar-refractivity contribution is 0.0599. The second kappa shape index (κ2) is 5.41. The van der Waals surface area contributed by atoms with E-state index in [2.05, 4.69) is 27.6 Å². The molecule has 0 aliphatic carbocycles. The first-order chi connectivity index (χ1) is 6.69. The maximum atomic E-state index is 11.2. The van der Waals surface area contributed by atoms with E-state index < -0.39 is 0 Å². The van der Waals surface area contributed by atoms with Crippen LogP contribution in [0.1, 0.15) is 17.3 Å². The molecule has 0 aliphatic heterocycles. The molecular formula is C10H11BrO2S. The fourth-order valence-corrected chi connectivity index (χ4v) is 2.42. The Labute approximate surface area is 96.2 Å². The largest absolute Gasteiger partial charge is 0.465 e. The Balaban J connectivity index is 2.95. The van der Waals surface area contributed by atoms with E-state index in [1.165, 1.54) is 7.11 Å². The third-order valence-corrected chi connectivity index (χ3v) is 3.19. The fourth-order valence-electron chi connectivity index (χ4n) is 1.03. The molecule has 0 radical (unpaired) electrons. The van der Waals surface area contributed by atoms with Gasteiger partial charge in [0.25, 0.3) is 0 Å². The van der Waals surface area contributed by atoms with Crippen molar-refractivity contribution in [1.82, 2.24) is 0 Å². The van der Waals surface area contributed by atoms with E-state index in [1.54, 1.807) is 17.8 Å². The molecule has 1 aromatic rings. The van der Waals surface area contributed by atoms with Crippen LogP contribution in [0.15, 0.2) is 27.6 Å². The summed E-state index contributed by atoms with van der Waals surface area (Å²) in [7, 11) is 1.38. The van der Waals surface area contributed by atoms with Gasteiger partial charge in [0.1, 0.15) is 0 Å². The molecule has 0 bridgehead atoms. The summed E-state index contributed by atoms with van der Waals surface area (Å²) < 4.78 is 5.42. The minimum absolute atomic E-state index is 0.315. The molecular weight excluding hydrogens is 264 g/mol. The molecule has 0 spiro atoms. The molecule has 0 amide bonds. The van der Waals surface area contributed by atoms with Gasteiger partial charge in [-0.2, -0.15) is 0 Å². The number of halogens is 1. The second-order valence-electron chi connectivity index (χ2n) is 2.57.